The van der Waals surface area contributed by atoms with Gasteiger partial charge in [-0.05, 0) is 0 Å². The van der Waals surface area contributed by atoms with Crippen LogP contribution in [0.25, 0.3) is 0 Å². The fourth-order valence-corrected chi connectivity index (χ4v) is 1.34. The lowest BCUT2D eigenvalue weighted by Gasteiger charge is -2.13. The Morgan fingerprint density at radius 3 is 2.56 bits per heavy atom. The number of nitrogens with one attached hydrogen (secondary N) is 2. The molecular weight excluding hydrogens is 220 g/mol. The minimum Gasteiger partial charge on any atom is -0.347 e. The zero-order valence-electron chi connectivity index (χ0n) is 9.22. The summed E-state index contributed by atoms with van der Waals surface area (Å²) in [5.41, 5.74) is 0. The van der Waals surface area contributed by atoms with E-state index >= 15 is 0 Å². The van der Waals surface area contributed by atoms with Crippen molar-refractivity contribution in [3.8, 4) is 0 Å². The number of amides is 2. The Balaban J connectivity index is 2.34. The molecule has 1 heterocycles. The SMILES string of the molecule is CN(C)C(=O)CNC(=O)C1CC(F)(F)CN1. The Morgan fingerprint density at radius 1 is 1.50 bits per heavy atom. The van der Waals surface area contributed by atoms with Crippen LogP contribution in [0, 0.1) is 0 Å². The lowest BCUT2D eigenvalue weighted by molar-refractivity contribution is -0.131. The molecule has 0 spiro atoms. The quantitative estimate of drug-likeness (QED) is 0.672. The predicted molar refractivity (Wildman–Crippen MR) is 53.1 cm³/mol. The van der Waals surface area contributed by atoms with Crippen molar-refractivity contribution >= 4 is 11.8 Å². The maximum Gasteiger partial charge on any atom is 0.262 e. The molecule has 0 aliphatic carbocycles. The topological polar surface area (TPSA) is 61.4 Å². The molecule has 0 bridgehead atoms. The second-order valence-electron chi connectivity index (χ2n) is 4.00. The summed E-state index contributed by atoms with van der Waals surface area (Å²) >= 11 is 0. The van der Waals surface area contributed by atoms with E-state index in [2.05, 4.69) is 10.6 Å². The zero-order chi connectivity index (χ0) is 12.3. The van der Waals surface area contributed by atoms with Crippen LogP contribution in [0.4, 0.5) is 8.78 Å². The third-order valence-electron chi connectivity index (χ3n) is 2.34. The molecule has 1 atom stereocenters. The summed E-state index contributed by atoms with van der Waals surface area (Å²) in [6.45, 7) is -0.664. The van der Waals surface area contributed by atoms with Crippen LogP contribution in [0.3, 0.4) is 0 Å². The Labute approximate surface area is 92.2 Å². The molecule has 0 aromatic rings. The summed E-state index contributed by atoms with van der Waals surface area (Å²) < 4.78 is 25.5. The van der Waals surface area contributed by atoms with Crippen molar-refractivity contribution in [3.05, 3.63) is 0 Å². The molecule has 1 rings (SSSR count). The Bertz CT molecular complexity index is 294. The van der Waals surface area contributed by atoms with Gasteiger partial charge >= 0.3 is 0 Å². The summed E-state index contributed by atoms with van der Waals surface area (Å²) in [6.07, 6.45) is -0.519. The van der Waals surface area contributed by atoms with Crippen LogP contribution in [-0.4, -0.2) is 55.9 Å². The van der Waals surface area contributed by atoms with Crippen molar-refractivity contribution in [2.24, 2.45) is 0 Å². The molecular formula is C9H15F2N3O2. The van der Waals surface area contributed by atoms with Gasteiger partial charge in [0.25, 0.3) is 5.92 Å². The van der Waals surface area contributed by atoms with Gasteiger partial charge in [-0.1, -0.05) is 0 Å². The van der Waals surface area contributed by atoms with Crippen molar-refractivity contribution in [2.75, 3.05) is 27.2 Å². The first kappa shape index (κ1) is 12.8. The number of hydrogen-bond donors (Lipinski definition) is 2. The highest BCUT2D eigenvalue weighted by Crippen LogP contribution is 2.24. The van der Waals surface area contributed by atoms with Gasteiger partial charge in [0.2, 0.25) is 11.8 Å². The molecule has 0 radical (unpaired) electrons. The molecule has 92 valence electrons. The Kier molecular flexibility index (Phi) is 3.79. The van der Waals surface area contributed by atoms with Gasteiger partial charge in [-0.25, -0.2) is 8.78 Å². The van der Waals surface area contributed by atoms with E-state index in [4.69, 9.17) is 0 Å². The maximum atomic E-state index is 12.8. The third kappa shape index (κ3) is 3.41. The van der Waals surface area contributed by atoms with Gasteiger partial charge in [-0.2, -0.15) is 0 Å². The van der Waals surface area contributed by atoms with E-state index in [1.165, 1.54) is 4.90 Å². The molecule has 0 aromatic heterocycles. The third-order valence-corrected chi connectivity index (χ3v) is 2.34. The molecule has 16 heavy (non-hydrogen) atoms. The molecule has 1 aliphatic rings. The van der Waals surface area contributed by atoms with Crippen molar-refractivity contribution in [2.45, 2.75) is 18.4 Å². The molecule has 2 N–H and O–H groups in total. The molecule has 1 fully saturated rings. The minimum absolute atomic E-state index is 0.171. The maximum absolute atomic E-state index is 12.8. The monoisotopic (exact) mass is 235 g/mol. The van der Waals surface area contributed by atoms with Crippen LogP contribution in [0.2, 0.25) is 0 Å². The van der Waals surface area contributed by atoms with Gasteiger partial charge < -0.3 is 10.2 Å². The van der Waals surface area contributed by atoms with Crippen LogP contribution in [0.1, 0.15) is 6.42 Å². The van der Waals surface area contributed by atoms with Crippen LogP contribution in [0.5, 0.6) is 0 Å². The largest absolute Gasteiger partial charge is 0.347 e. The zero-order valence-corrected chi connectivity index (χ0v) is 9.22. The van der Waals surface area contributed by atoms with Crippen LogP contribution in [0.15, 0.2) is 0 Å². The van der Waals surface area contributed by atoms with E-state index in [1.807, 2.05) is 0 Å². The number of rotatable bonds is 3. The van der Waals surface area contributed by atoms with E-state index in [-0.39, 0.29) is 12.5 Å². The Hall–Kier alpha value is -1.24. The number of halogens is 2. The highest BCUT2D eigenvalue weighted by atomic mass is 19.3. The fourth-order valence-electron chi connectivity index (χ4n) is 1.34. The molecule has 5 nitrogen and oxygen atoms in total. The molecule has 0 saturated carbocycles. The van der Waals surface area contributed by atoms with Gasteiger partial charge in [0.1, 0.15) is 0 Å². The fraction of sp³-hybridized carbons (Fsp3) is 0.778. The summed E-state index contributed by atoms with van der Waals surface area (Å²) in [5, 5.41) is 4.73. The van der Waals surface area contributed by atoms with Crippen molar-refractivity contribution in [3.63, 3.8) is 0 Å². The standard InChI is InChI=1S/C9H15F2N3O2/c1-14(2)7(15)4-12-8(16)6-3-9(10,11)5-13-6/h6,13H,3-5H2,1-2H3,(H,12,16). The molecule has 0 aromatic carbocycles. The first-order chi connectivity index (χ1) is 7.32. The van der Waals surface area contributed by atoms with Crippen LogP contribution in [-0.2, 0) is 9.59 Å². The molecule has 2 amide bonds. The van der Waals surface area contributed by atoms with Crippen molar-refractivity contribution < 1.29 is 18.4 Å². The van der Waals surface area contributed by atoms with Crippen LogP contribution >= 0.6 is 0 Å². The smallest absolute Gasteiger partial charge is 0.262 e. The summed E-state index contributed by atoms with van der Waals surface area (Å²) in [4.78, 5) is 23.8. The highest BCUT2D eigenvalue weighted by Gasteiger charge is 2.42. The lowest BCUT2D eigenvalue weighted by Crippen LogP contribution is -2.44. The second-order valence-corrected chi connectivity index (χ2v) is 4.00. The van der Waals surface area contributed by atoms with E-state index in [9.17, 15) is 18.4 Å². The molecule has 1 saturated heterocycles. The number of carbonyl (C=O) groups excluding carboxylic acids is 2. The van der Waals surface area contributed by atoms with Gasteiger partial charge in [0, 0.05) is 20.5 Å². The van der Waals surface area contributed by atoms with E-state index in [1.54, 1.807) is 14.1 Å². The van der Waals surface area contributed by atoms with E-state index in [0.717, 1.165) is 0 Å². The number of alkyl halides is 2. The lowest BCUT2D eigenvalue weighted by atomic mass is 10.2. The summed E-state index contributed by atoms with van der Waals surface area (Å²) in [6, 6.07) is -0.912. The van der Waals surface area contributed by atoms with E-state index in [0.29, 0.717) is 0 Å². The first-order valence-corrected chi connectivity index (χ1v) is 4.91. The molecule has 7 heteroatoms. The van der Waals surface area contributed by atoms with Crippen molar-refractivity contribution in [1.82, 2.24) is 15.5 Å². The second kappa shape index (κ2) is 4.73. The minimum atomic E-state index is -2.84. The summed E-state index contributed by atoms with van der Waals surface area (Å²) in [7, 11) is 3.10. The molecule has 1 aliphatic heterocycles. The number of carbonyl (C=O) groups is 2. The average molecular weight is 235 g/mol. The first-order valence-electron chi connectivity index (χ1n) is 4.91. The average Bonchev–Trinajstić information content (AvgIpc) is 2.54. The highest BCUT2D eigenvalue weighted by molar-refractivity contribution is 5.87. The molecule has 1 unspecified atom stereocenters. The summed E-state index contributed by atoms with van der Waals surface area (Å²) in [5.74, 6) is -3.68. The number of hydrogen-bond acceptors (Lipinski definition) is 3. The van der Waals surface area contributed by atoms with Crippen molar-refractivity contribution in [1.29, 1.82) is 0 Å². The predicted octanol–water partition coefficient (Wildman–Crippen LogP) is -0.812. The number of likely N-dealkylation sites (N-methyl/N-ethyl adjacent to an activating group) is 1. The van der Waals surface area contributed by atoms with Gasteiger partial charge in [0.05, 0.1) is 19.1 Å². The number of nitrogens with zero attached hydrogens (tertiary/aromatic N) is 1. The normalized spacial score (nSPS) is 22.9. The Morgan fingerprint density at radius 2 is 2.12 bits per heavy atom. The van der Waals surface area contributed by atoms with Crippen LogP contribution < -0.4 is 10.6 Å². The van der Waals surface area contributed by atoms with E-state index < -0.39 is 30.8 Å². The van der Waals surface area contributed by atoms with Gasteiger partial charge in [0.15, 0.2) is 0 Å². The van der Waals surface area contributed by atoms with Gasteiger partial charge in [-0.3, -0.25) is 14.9 Å². The van der Waals surface area contributed by atoms with Gasteiger partial charge in [-0.15, -0.1) is 0 Å².